The molecule has 74 valence electrons. The minimum atomic E-state index is 0.181. The first-order valence-corrected chi connectivity index (χ1v) is 5.19. The molecule has 0 radical (unpaired) electrons. The number of carbonyl (C=O) groups is 1. The molecule has 1 saturated heterocycles. The van der Waals surface area contributed by atoms with Gasteiger partial charge in [0.1, 0.15) is 0 Å². The van der Waals surface area contributed by atoms with Crippen LogP contribution in [0.3, 0.4) is 0 Å². The lowest BCUT2D eigenvalue weighted by Crippen LogP contribution is -2.38. The molecule has 1 aliphatic rings. The Hall–Kier alpha value is -0.790. The zero-order valence-electron chi connectivity index (χ0n) is 8.62. The van der Waals surface area contributed by atoms with E-state index in [9.17, 15) is 4.79 Å². The highest BCUT2D eigenvalue weighted by molar-refractivity contribution is 5.87. The minimum absolute atomic E-state index is 0.181. The molecular weight excluding hydrogens is 162 g/mol. The fraction of sp³-hybridized carbons (Fsp3) is 0.727. The Morgan fingerprint density at radius 1 is 1.62 bits per heavy atom. The molecular formula is C11H19NO. The van der Waals surface area contributed by atoms with E-state index in [1.165, 1.54) is 19.3 Å². The van der Waals surface area contributed by atoms with Gasteiger partial charge >= 0.3 is 0 Å². The van der Waals surface area contributed by atoms with Gasteiger partial charge in [-0.3, -0.25) is 4.79 Å². The van der Waals surface area contributed by atoms with Gasteiger partial charge in [0.05, 0.1) is 0 Å². The van der Waals surface area contributed by atoms with Crippen LogP contribution in [0.2, 0.25) is 0 Å². The quantitative estimate of drug-likeness (QED) is 0.598. The number of nitrogens with zero attached hydrogens (tertiary/aromatic N) is 1. The molecule has 1 fully saturated rings. The first kappa shape index (κ1) is 10.3. The number of likely N-dealkylation sites (tertiary alicyclic amines) is 1. The molecule has 0 spiro atoms. The molecule has 1 amide bonds. The molecule has 0 aromatic carbocycles. The molecule has 13 heavy (non-hydrogen) atoms. The largest absolute Gasteiger partial charge is 0.339 e. The third kappa shape index (κ3) is 2.87. The topological polar surface area (TPSA) is 20.3 Å². The van der Waals surface area contributed by atoms with Gasteiger partial charge in [-0.2, -0.15) is 0 Å². The second kappa shape index (κ2) is 5.05. The molecule has 1 rings (SSSR count). The predicted molar refractivity (Wildman–Crippen MR) is 54.4 cm³/mol. The Kier molecular flexibility index (Phi) is 4.00. The van der Waals surface area contributed by atoms with E-state index in [1.54, 1.807) is 6.08 Å². The summed E-state index contributed by atoms with van der Waals surface area (Å²) in [5.41, 5.74) is 0. The molecule has 2 nitrogen and oxygen atoms in total. The van der Waals surface area contributed by atoms with Crippen molar-refractivity contribution in [3.63, 3.8) is 0 Å². The van der Waals surface area contributed by atoms with Crippen molar-refractivity contribution in [2.75, 3.05) is 13.1 Å². The van der Waals surface area contributed by atoms with E-state index >= 15 is 0 Å². The average Bonchev–Trinajstić information content (AvgIpc) is 2.18. The lowest BCUT2D eigenvalue weighted by Gasteiger charge is -2.31. The van der Waals surface area contributed by atoms with Crippen LogP contribution in [-0.2, 0) is 4.79 Å². The number of rotatable bonds is 2. The molecule has 0 aromatic heterocycles. The lowest BCUT2D eigenvalue weighted by molar-refractivity contribution is -0.127. The van der Waals surface area contributed by atoms with Gasteiger partial charge in [-0.05, 0) is 31.8 Å². The zero-order chi connectivity index (χ0) is 9.68. The summed E-state index contributed by atoms with van der Waals surface area (Å²) in [7, 11) is 0. The summed E-state index contributed by atoms with van der Waals surface area (Å²) < 4.78 is 0. The third-order valence-corrected chi connectivity index (χ3v) is 2.72. The number of hydrogen-bond acceptors (Lipinski definition) is 1. The summed E-state index contributed by atoms with van der Waals surface area (Å²) in [6.45, 7) is 5.99. The highest BCUT2D eigenvalue weighted by atomic mass is 16.2. The molecule has 1 aliphatic heterocycles. The van der Waals surface area contributed by atoms with E-state index < -0.39 is 0 Å². The minimum Gasteiger partial charge on any atom is -0.339 e. The van der Waals surface area contributed by atoms with Crippen LogP contribution < -0.4 is 0 Å². The van der Waals surface area contributed by atoms with Crippen molar-refractivity contribution in [3.8, 4) is 0 Å². The number of allylic oxidation sites excluding steroid dienone is 1. The number of carbonyl (C=O) groups excluding carboxylic acids is 1. The van der Waals surface area contributed by atoms with Crippen molar-refractivity contribution in [2.45, 2.75) is 33.1 Å². The van der Waals surface area contributed by atoms with Crippen LogP contribution in [0.4, 0.5) is 0 Å². The van der Waals surface area contributed by atoms with E-state index in [0.29, 0.717) is 0 Å². The maximum Gasteiger partial charge on any atom is 0.246 e. The Bertz CT molecular complexity index is 198. The van der Waals surface area contributed by atoms with Crippen LogP contribution in [0.5, 0.6) is 0 Å². The second-order valence-corrected chi connectivity index (χ2v) is 3.70. The van der Waals surface area contributed by atoms with Crippen molar-refractivity contribution in [2.24, 2.45) is 5.92 Å². The fourth-order valence-corrected chi connectivity index (χ4v) is 1.85. The van der Waals surface area contributed by atoms with Crippen molar-refractivity contribution in [1.82, 2.24) is 4.90 Å². The molecule has 0 aromatic rings. The summed E-state index contributed by atoms with van der Waals surface area (Å²) >= 11 is 0. The van der Waals surface area contributed by atoms with Gasteiger partial charge in [0.25, 0.3) is 0 Å². The first-order chi connectivity index (χ1) is 6.27. The molecule has 0 N–H and O–H groups in total. The van der Waals surface area contributed by atoms with Crippen LogP contribution in [0.1, 0.15) is 33.1 Å². The fourth-order valence-electron chi connectivity index (χ4n) is 1.85. The normalized spacial score (nSPS) is 23.8. The lowest BCUT2D eigenvalue weighted by atomic mass is 9.96. The number of hydrogen-bond donors (Lipinski definition) is 0. The smallest absolute Gasteiger partial charge is 0.246 e. The van der Waals surface area contributed by atoms with Crippen LogP contribution >= 0.6 is 0 Å². The Balaban J connectivity index is 2.46. The van der Waals surface area contributed by atoms with Crippen molar-refractivity contribution in [1.29, 1.82) is 0 Å². The van der Waals surface area contributed by atoms with Crippen LogP contribution in [0.15, 0.2) is 12.2 Å². The van der Waals surface area contributed by atoms with Gasteiger partial charge in [0.15, 0.2) is 0 Å². The maximum absolute atomic E-state index is 11.5. The number of piperidine rings is 1. The van der Waals surface area contributed by atoms with Crippen molar-refractivity contribution in [3.05, 3.63) is 12.2 Å². The summed E-state index contributed by atoms with van der Waals surface area (Å²) in [5, 5.41) is 0. The standard InChI is InChI=1S/C11H19NO/c1-3-6-11(13)12-8-5-7-10(4-2)9-12/h3,6,10H,4-5,7-9H2,1-2H3. The molecule has 0 aliphatic carbocycles. The molecule has 2 heteroatoms. The summed E-state index contributed by atoms with van der Waals surface area (Å²) in [6.07, 6.45) is 7.13. The number of amides is 1. The maximum atomic E-state index is 11.5. The van der Waals surface area contributed by atoms with Crippen LogP contribution in [-0.4, -0.2) is 23.9 Å². The van der Waals surface area contributed by atoms with Gasteiger partial charge in [-0.25, -0.2) is 0 Å². The van der Waals surface area contributed by atoms with E-state index in [-0.39, 0.29) is 5.91 Å². The second-order valence-electron chi connectivity index (χ2n) is 3.70. The average molecular weight is 181 g/mol. The van der Waals surface area contributed by atoms with E-state index in [0.717, 1.165) is 19.0 Å². The van der Waals surface area contributed by atoms with E-state index in [4.69, 9.17) is 0 Å². The molecule has 0 bridgehead atoms. The van der Waals surface area contributed by atoms with Gasteiger partial charge in [0, 0.05) is 13.1 Å². The van der Waals surface area contributed by atoms with Crippen molar-refractivity contribution >= 4 is 5.91 Å². The van der Waals surface area contributed by atoms with Gasteiger partial charge < -0.3 is 4.90 Å². The molecule has 0 saturated carbocycles. The monoisotopic (exact) mass is 181 g/mol. The Morgan fingerprint density at radius 3 is 3.00 bits per heavy atom. The van der Waals surface area contributed by atoms with Crippen LogP contribution in [0, 0.1) is 5.92 Å². The van der Waals surface area contributed by atoms with Crippen LogP contribution in [0.25, 0.3) is 0 Å². The van der Waals surface area contributed by atoms with Gasteiger partial charge in [-0.1, -0.05) is 19.4 Å². The van der Waals surface area contributed by atoms with Gasteiger partial charge in [0.2, 0.25) is 5.91 Å². The third-order valence-electron chi connectivity index (χ3n) is 2.72. The molecule has 1 atom stereocenters. The molecule has 1 heterocycles. The first-order valence-electron chi connectivity index (χ1n) is 5.19. The van der Waals surface area contributed by atoms with E-state index in [2.05, 4.69) is 6.92 Å². The molecule has 1 unspecified atom stereocenters. The van der Waals surface area contributed by atoms with E-state index in [1.807, 2.05) is 17.9 Å². The highest BCUT2D eigenvalue weighted by Gasteiger charge is 2.20. The summed E-state index contributed by atoms with van der Waals surface area (Å²) in [4.78, 5) is 13.5. The van der Waals surface area contributed by atoms with Gasteiger partial charge in [-0.15, -0.1) is 0 Å². The Labute approximate surface area is 80.6 Å². The zero-order valence-corrected chi connectivity index (χ0v) is 8.62. The Morgan fingerprint density at radius 2 is 2.38 bits per heavy atom. The SMILES string of the molecule is CC=CC(=O)N1CCCC(CC)C1. The summed E-state index contributed by atoms with van der Waals surface area (Å²) in [5.74, 6) is 0.906. The summed E-state index contributed by atoms with van der Waals surface area (Å²) in [6, 6.07) is 0. The predicted octanol–water partition coefficient (Wildman–Crippen LogP) is 2.21. The van der Waals surface area contributed by atoms with Crippen molar-refractivity contribution < 1.29 is 4.79 Å². The highest BCUT2D eigenvalue weighted by Crippen LogP contribution is 2.19.